The highest BCUT2D eigenvalue weighted by molar-refractivity contribution is 7.99. The fourth-order valence-corrected chi connectivity index (χ4v) is 7.80. The van der Waals surface area contributed by atoms with E-state index in [2.05, 4.69) is 30.9 Å². The third-order valence-corrected chi connectivity index (χ3v) is 8.68. The first-order chi connectivity index (χ1) is 9.05. The van der Waals surface area contributed by atoms with Gasteiger partial charge in [0.05, 0.1) is 6.10 Å². The summed E-state index contributed by atoms with van der Waals surface area (Å²) in [4.78, 5) is 0. The molecule has 0 aromatic rings. The highest BCUT2D eigenvalue weighted by Gasteiger charge is 2.87. The molecule has 4 rings (SSSR count). The van der Waals surface area contributed by atoms with Crippen molar-refractivity contribution in [1.29, 1.82) is 0 Å². The summed E-state index contributed by atoms with van der Waals surface area (Å²) in [6, 6.07) is 0.735. The van der Waals surface area contributed by atoms with Gasteiger partial charge in [0.15, 0.2) is 0 Å². The lowest BCUT2D eigenvalue weighted by molar-refractivity contribution is -0.0805. The summed E-state index contributed by atoms with van der Waals surface area (Å²) in [5.41, 5.74) is 1.32. The van der Waals surface area contributed by atoms with E-state index in [9.17, 15) is 5.11 Å². The summed E-state index contributed by atoms with van der Waals surface area (Å²) in [5, 5.41) is 14.1. The Morgan fingerprint density at radius 3 is 2.79 bits per heavy atom. The Morgan fingerprint density at radius 1 is 1.32 bits per heavy atom. The smallest absolute Gasteiger partial charge is 0.0613 e. The summed E-state index contributed by atoms with van der Waals surface area (Å²) < 4.78 is 0. The number of hydrogen-bond donors (Lipinski definition) is 2. The van der Waals surface area contributed by atoms with Crippen LogP contribution in [0.2, 0.25) is 0 Å². The first kappa shape index (κ1) is 13.0. The van der Waals surface area contributed by atoms with Gasteiger partial charge < -0.3 is 10.4 Å². The van der Waals surface area contributed by atoms with Crippen molar-refractivity contribution in [2.45, 2.75) is 58.1 Å². The van der Waals surface area contributed by atoms with Crippen LogP contribution in [0.15, 0.2) is 0 Å². The number of aliphatic hydroxyl groups is 1. The summed E-state index contributed by atoms with van der Waals surface area (Å²) >= 11 is 2.11. The van der Waals surface area contributed by atoms with Gasteiger partial charge in [-0.15, -0.1) is 0 Å². The molecule has 108 valence electrons. The fraction of sp³-hybridized carbons (Fsp3) is 1.00. The van der Waals surface area contributed by atoms with Gasteiger partial charge in [-0.2, -0.15) is 11.8 Å². The molecule has 1 spiro atoms. The topological polar surface area (TPSA) is 32.3 Å². The van der Waals surface area contributed by atoms with E-state index < -0.39 is 0 Å². The molecular formula is C16H27NOS. The van der Waals surface area contributed by atoms with Gasteiger partial charge in [0.1, 0.15) is 0 Å². The number of nitrogens with one attached hydrogen (secondary N) is 1. The average Bonchev–Trinajstić information content (AvgIpc) is 2.72. The maximum absolute atomic E-state index is 10.6. The molecule has 3 aliphatic carbocycles. The number of aliphatic hydroxyl groups excluding tert-OH is 1. The third-order valence-electron chi connectivity index (χ3n) is 7.32. The molecule has 19 heavy (non-hydrogen) atoms. The molecule has 0 aromatic heterocycles. The van der Waals surface area contributed by atoms with Crippen LogP contribution in [0.4, 0.5) is 0 Å². The van der Waals surface area contributed by atoms with Crippen LogP contribution in [0.5, 0.6) is 0 Å². The van der Waals surface area contributed by atoms with E-state index >= 15 is 0 Å². The van der Waals surface area contributed by atoms with Gasteiger partial charge in [-0.05, 0) is 55.4 Å². The largest absolute Gasteiger partial charge is 0.392 e. The lowest BCUT2D eigenvalue weighted by Gasteiger charge is -2.53. The van der Waals surface area contributed by atoms with Crippen LogP contribution in [-0.2, 0) is 0 Å². The highest BCUT2D eigenvalue weighted by Crippen LogP contribution is 2.90. The second kappa shape index (κ2) is 3.92. The molecule has 1 saturated heterocycles. The minimum atomic E-state index is -0.0108. The first-order valence-corrected chi connectivity index (χ1v) is 9.19. The second-order valence-electron chi connectivity index (χ2n) is 7.96. The molecule has 0 amide bonds. The Labute approximate surface area is 121 Å². The molecule has 4 fully saturated rings. The number of hydrogen-bond acceptors (Lipinski definition) is 3. The van der Waals surface area contributed by atoms with Crippen LogP contribution >= 0.6 is 11.8 Å². The van der Waals surface area contributed by atoms with Crippen LogP contribution < -0.4 is 5.32 Å². The normalized spacial score (nSPS) is 53.5. The van der Waals surface area contributed by atoms with Crippen molar-refractivity contribution >= 4 is 11.8 Å². The molecule has 0 aromatic carbocycles. The van der Waals surface area contributed by atoms with Crippen molar-refractivity contribution in [2.75, 3.05) is 18.1 Å². The van der Waals surface area contributed by atoms with Crippen molar-refractivity contribution in [3.63, 3.8) is 0 Å². The van der Waals surface area contributed by atoms with Gasteiger partial charge in [0.25, 0.3) is 0 Å². The maximum Gasteiger partial charge on any atom is 0.0613 e. The van der Waals surface area contributed by atoms with Crippen molar-refractivity contribution in [3.05, 3.63) is 0 Å². The average molecular weight is 281 g/mol. The van der Waals surface area contributed by atoms with Crippen LogP contribution in [0.1, 0.15) is 46.0 Å². The zero-order chi connectivity index (χ0) is 13.3. The SMILES string of the molecule is CC1(C)C2CC(O)C3(CSCC4CCCN4)CCC213. The zero-order valence-electron chi connectivity index (χ0n) is 12.2. The Bertz CT molecular complexity index is 392. The van der Waals surface area contributed by atoms with E-state index in [-0.39, 0.29) is 11.5 Å². The summed E-state index contributed by atoms with van der Waals surface area (Å²) in [6.07, 6.45) is 6.42. The molecule has 5 unspecified atom stereocenters. The van der Waals surface area contributed by atoms with Crippen LogP contribution in [0.3, 0.4) is 0 Å². The molecule has 2 N–H and O–H groups in total. The van der Waals surface area contributed by atoms with Crippen LogP contribution in [0.25, 0.3) is 0 Å². The molecule has 1 aliphatic heterocycles. The molecule has 1 heterocycles. The number of thioether (sulfide) groups is 1. The predicted molar refractivity (Wildman–Crippen MR) is 80.3 cm³/mol. The van der Waals surface area contributed by atoms with E-state index in [1.54, 1.807) is 0 Å². The van der Waals surface area contributed by atoms with Crippen molar-refractivity contribution in [1.82, 2.24) is 5.32 Å². The standard InChI is InChI=1S/C16H27NOS/c1-14(2)12-8-13(18)15(5-6-16(12,14)15)10-19-9-11-4-3-7-17-11/h11-13,17-18H,3-10H2,1-2H3. The molecule has 0 radical (unpaired) electrons. The van der Waals surface area contributed by atoms with E-state index in [1.165, 1.54) is 43.7 Å². The van der Waals surface area contributed by atoms with E-state index in [4.69, 9.17) is 0 Å². The van der Waals surface area contributed by atoms with Gasteiger partial charge in [-0.1, -0.05) is 13.8 Å². The predicted octanol–water partition coefficient (Wildman–Crippen LogP) is 2.66. The van der Waals surface area contributed by atoms with E-state index in [0.717, 1.165) is 18.4 Å². The van der Waals surface area contributed by atoms with Gasteiger partial charge in [-0.3, -0.25) is 0 Å². The van der Waals surface area contributed by atoms with Gasteiger partial charge in [-0.25, -0.2) is 0 Å². The zero-order valence-corrected chi connectivity index (χ0v) is 13.1. The summed E-state index contributed by atoms with van der Waals surface area (Å²) in [5.74, 6) is 3.26. The lowest BCUT2D eigenvalue weighted by atomic mass is 9.54. The number of rotatable bonds is 4. The van der Waals surface area contributed by atoms with Crippen LogP contribution in [-0.4, -0.2) is 35.3 Å². The molecule has 5 atom stereocenters. The molecule has 0 bridgehead atoms. The Hall–Kier alpha value is 0.270. The lowest BCUT2D eigenvalue weighted by Crippen LogP contribution is -2.52. The summed E-state index contributed by atoms with van der Waals surface area (Å²) in [7, 11) is 0. The van der Waals surface area contributed by atoms with Crippen molar-refractivity contribution in [3.8, 4) is 0 Å². The second-order valence-corrected chi connectivity index (χ2v) is 8.99. The first-order valence-electron chi connectivity index (χ1n) is 8.04. The molecule has 3 heteroatoms. The Balaban J connectivity index is 1.42. The Kier molecular flexibility index (Phi) is 2.68. The van der Waals surface area contributed by atoms with Crippen molar-refractivity contribution in [2.24, 2.45) is 22.2 Å². The van der Waals surface area contributed by atoms with Crippen LogP contribution in [0, 0.1) is 22.2 Å². The maximum atomic E-state index is 10.6. The quantitative estimate of drug-likeness (QED) is 0.831. The minimum Gasteiger partial charge on any atom is -0.392 e. The van der Waals surface area contributed by atoms with Crippen molar-refractivity contribution < 1.29 is 5.11 Å². The highest BCUT2D eigenvalue weighted by atomic mass is 32.2. The minimum absolute atomic E-state index is 0.0108. The Morgan fingerprint density at radius 2 is 2.16 bits per heavy atom. The summed E-state index contributed by atoms with van der Waals surface area (Å²) in [6.45, 7) is 6.10. The molecule has 3 saturated carbocycles. The van der Waals surface area contributed by atoms with Gasteiger partial charge >= 0.3 is 0 Å². The van der Waals surface area contributed by atoms with Gasteiger partial charge in [0.2, 0.25) is 0 Å². The molecular weight excluding hydrogens is 254 g/mol. The fourth-order valence-electron chi connectivity index (χ4n) is 6.15. The van der Waals surface area contributed by atoms with E-state index in [0.29, 0.717) is 10.8 Å². The monoisotopic (exact) mass is 281 g/mol. The molecule has 2 nitrogen and oxygen atoms in total. The third kappa shape index (κ3) is 1.38. The van der Waals surface area contributed by atoms with Gasteiger partial charge in [0, 0.05) is 23.0 Å². The molecule has 4 aliphatic rings. The van der Waals surface area contributed by atoms with E-state index in [1.807, 2.05) is 0 Å².